The molecule has 0 aromatic carbocycles. The number of nitrogens with zero attached hydrogens (tertiary/aromatic N) is 2. The Morgan fingerprint density at radius 2 is 2.06 bits per heavy atom. The molecule has 17 heavy (non-hydrogen) atoms. The van der Waals surface area contributed by atoms with Crippen molar-refractivity contribution in [3.63, 3.8) is 0 Å². The van der Waals surface area contributed by atoms with E-state index in [2.05, 4.69) is 10.4 Å². The fourth-order valence-electron chi connectivity index (χ4n) is 2.55. The summed E-state index contributed by atoms with van der Waals surface area (Å²) in [6.45, 7) is 2.67. The van der Waals surface area contributed by atoms with E-state index in [-0.39, 0.29) is 5.54 Å². The van der Waals surface area contributed by atoms with Crippen molar-refractivity contribution in [2.45, 2.75) is 44.7 Å². The highest BCUT2D eigenvalue weighted by Gasteiger charge is 2.32. The van der Waals surface area contributed by atoms with Crippen molar-refractivity contribution in [1.82, 2.24) is 15.1 Å². The van der Waals surface area contributed by atoms with Gasteiger partial charge in [-0.15, -0.1) is 11.6 Å². The Bertz CT molecular complexity index is 395. The van der Waals surface area contributed by atoms with Crippen molar-refractivity contribution in [3.05, 3.63) is 16.4 Å². The molecule has 1 N–H and O–H groups in total. The molecule has 1 heterocycles. The molecular formula is C12H19Cl2N3. The first-order chi connectivity index (χ1) is 8.08. The summed E-state index contributed by atoms with van der Waals surface area (Å²) in [6.07, 6.45) is 4.84. The van der Waals surface area contributed by atoms with Crippen LogP contribution in [-0.2, 0) is 13.6 Å². The molecule has 3 nitrogen and oxygen atoms in total. The summed E-state index contributed by atoms with van der Waals surface area (Å²) >= 11 is 12.3. The van der Waals surface area contributed by atoms with Crippen molar-refractivity contribution in [2.24, 2.45) is 7.05 Å². The van der Waals surface area contributed by atoms with E-state index in [4.69, 9.17) is 23.2 Å². The second kappa shape index (κ2) is 5.17. The van der Waals surface area contributed by atoms with Crippen molar-refractivity contribution in [2.75, 3.05) is 5.88 Å². The largest absolute Gasteiger partial charge is 0.304 e. The van der Waals surface area contributed by atoms with Gasteiger partial charge in [0.2, 0.25) is 0 Å². The second-order valence-corrected chi connectivity index (χ2v) is 5.59. The standard InChI is InChI=1S/C12H19Cl2N3/c1-9-11(14)10(17(2)16-9)7-15-12(8-13)5-3-4-6-12/h15H,3-8H2,1-2H3. The van der Waals surface area contributed by atoms with Gasteiger partial charge < -0.3 is 5.32 Å². The molecule has 0 atom stereocenters. The maximum atomic E-state index is 6.23. The maximum Gasteiger partial charge on any atom is 0.0860 e. The molecule has 96 valence electrons. The third-order valence-corrected chi connectivity index (χ3v) is 4.71. The highest BCUT2D eigenvalue weighted by Crippen LogP contribution is 2.31. The third-order valence-electron chi connectivity index (χ3n) is 3.71. The minimum absolute atomic E-state index is 0.100. The van der Waals surface area contributed by atoms with E-state index in [1.165, 1.54) is 12.8 Å². The minimum Gasteiger partial charge on any atom is -0.304 e. The lowest BCUT2D eigenvalue weighted by Gasteiger charge is -2.28. The van der Waals surface area contributed by atoms with Gasteiger partial charge in [-0.05, 0) is 19.8 Å². The Balaban J connectivity index is 2.06. The van der Waals surface area contributed by atoms with Crippen LogP contribution in [0.2, 0.25) is 5.02 Å². The average Bonchev–Trinajstić information content (AvgIpc) is 2.86. The van der Waals surface area contributed by atoms with Gasteiger partial charge in [0.25, 0.3) is 0 Å². The summed E-state index contributed by atoms with van der Waals surface area (Å²) in [5.41, 5.74) is 2.03. The lowest BCUT2D eigenvalue weighted by atomic mass is 10.0. The molecule has 0 saturated heterocycles. The zero-order valence-corrected chi connectivity index (χ0v) is 11.9. The van der Waals surface area contributed by atoms with Crippen LogP contribution in [0.3, 0.4) is 0 Å². The van der Waals surface area contributed by atoms with Gasteiger partial charge >= 0.3 is 0 Å². The van der Waals surface area contributed by atoms with Gasteiger partial charge in [-0.25, -0.2) is 0 Å². The zero-order valence-electron chi connectivity index (χ0n) is 10.4. The number of rotatable bonds is 4. The number of aromatic nitrogens is 2. The van der Waals surface area contributed by atoms with Crippen molar-refractivity contribution >= 4 is 23.2 Å². The van der Waals surface area contributed by atoms with Crippen LogP contribution in [0.15, 0.2) is 0 Å². The van der Waals surface area contributed by atoms with E-state index >= 15 is 0 Å². The molecular weight excluding hydrogens is 257 g/mol. The summed E-state index contributed by atoms with van der Waals surface area (Å²) in [5, 5.41) is 8.66. The Morgan fingerprint density at radius 1 is 1.41 bits per heavy atom. The molecule has 1 aliphatic carbocycles. The predicted molar refractivity (Wildman–Crippen MR) is 71.7 cm³/mol. The molecule has 2 rings (SSSR count). The Hall–Kier alpha value is -0.250. The molecule has 1 aromatic heterocycles. The van der Waals surface area contributed by atoms with Crippen LogP contribution in [0.25, 0.3) is 0 Å². The number of hydrogen-bond donors (Lipinski definition) is 1. The summed E-state index contributed by atoms with van der Waals surface area (Å²) in [5.74, 6) is 0.668. The Labute approximate surface area is 112 Å². The smallest absolute Gasteiger partial charge is 0.0860 e. The first kappa shape index (κ1) is 13.2. The van der Waals surface area contributed by atoms with Gasteiger partial charge in [-0.3, -0.25) is 4.68 Å². The predicted octanol–water partition coefficient (Wildman–Crippen LogP) is 3.02. The topological polar surface area (TPSA) is 29.9 Å². The number of aryl methyl sites for hydroxylation is 2. The molecule has 1 fully saturated rings. The Morgan fingerprint density at radius 3 is 2.53 bits per heavy atom. The minimum atomic E-state index is 0.100. The van der Waals surface area contributed by atoms with Crippen LogP contribution in [-0.4, -0.2) is 21.2 Å². The van der Waals surface area contributed by atoms with Gasteiger partial charge in [0.1, 0.15) is 0 Å². The number of hydrogen-bond acceptors (Lipinski definition) is 2. The van der Waals surface area contributed by atoms with Gasteiger partial charge in [0.15, 0.2) is 0 Å². The van der Waals surface area contributed by atoms with Crippen LogP contribution in [0.1, 0.15) is 37.1 Å². The quantitative estimate of drug-likeness (QED) is 0.857. The summed E-state index contributed by atoms with van der Waals surface area (Å²) in [4.78, 5) is 0. The Kier molecular flexibility index (Phi) is 4.01. The fraction of sp³-hybridized carbons (Fsp3) is 0.750. The van der Waals surface area contributed by atoms with Gasteiger partial charge in [0, 0.05) is 25.0 Å². The normalized spacial score (nSPS) is 18.8. The average molecular weight is 276 g/mol. The van der Waals surface area contributed by atoms with E-state index in [1.54, 1.807) is 0 Å². The third kappa shape index (κ3) is 2.61. The highest BCUT2D eigenvalue weighted by molar-refractivity contribution is 6.31. The molecule has 0 unspecified atom stereocenters. The van der Waals surface area contributed by atoms with Crippen LogP contribution >= 0.6 is 23.2 Å². The molecule has 0 amide bonds. The van der Waals surface area contributed by atoms with E-state index < -0.39 is 0 Å². The molecule has 1 aromatic rings. The number of nitrogens with one attached hydrogen (secondary N) is 1. The number of halogens is 2. The van der Waals surface area contributed by atoms with Crippen molar-refractivity contribution in [1.29, 1.82) is 0 Å². The van der Waals surface area contributed by atoms with E-state index in [0.29, 0.717) is 5.88 Å². The molecule has 0 spiro atoms. The summed E-state index contributed by atoms with van der Waals surface area (Å²) < 4.78 is 1.85. The van der Waals surface area contributed by atoms with Crippen LogP contribution in [0, 0.1) is 6.92 Å². The second-order valence-electron chi connectivity index (χ2n) is 4.94. The monoisotopic (exact) mass is 275 g/mol. The van der Waals surface area contributed by atoms with Crippen molar-refractivity contribution in [3.8, 4) is 0 Å². The van der Waals surface area contributed by atoms with E-state index in [1.807, 2.05) is 18.7 Å². The first-order valence-electron chi connectivity index (χ1n) is 6.07. The zero-order chi connectivity index (χ0) is 12.5. The van der Waals surface area contributed by atoms with Crippen LogP contribution < -0.4 is 5.32 Å². The lowest BCUT2D eigenvalue weighted by Crippen LogP contribution is -2.44. The molecule has 0 bridgehead atoms. The first-order valence-corrected chi connectivity index (χ1v) is 6.98. The molecule has 0 radical (unpaired) electrons. The SMILES string of the molecule is Cc1nn(C)c(CNC2(CCl)CCCC2)c1Cl. The highest BCUT2D eigenvalue weighted by atomic mass is 35.5. The fourth-order valence-corrected chi connectivity index (χ4v) is 3.14. The van der Waals surface area contributed by atoms with Gasteiger partial charge in [-0.1, -0.05) is 24.4 Å². The van der Waals surface area contributed by atoms with Gasteiger partial charge in [0.05, 0.1) is 16.4 Å². The van der Waals surface area contributed by atoms with Crippen LogP contribution in [0.4, 0.5) is 0 Å². The van der Waals surface area contributed by atoms with E-state index in [0.717, 1.165) is 35.8 Å². The maximum absolute atomic E-state index is 6.23. The summed E-state index contributed by atoms with van der Waals surface area (Å²) in [7, 11) is 1.93. The van der Waals surface area contributed by atoms with Crippen molar-refractivity contribution < 1.29 is 0 Å². The van der Waals surface area contributed by atoms with E-state index in [9.17, 15) is 0 Å². The summed E-state index contributed by atoms with van der Waals surface area (Å²) in [6, 6.07) is 0. The number of alkyl halides is 1. The van der Waals surface area contributed by atoms with Gasteiger partial charge in [-0.2, -0.15) is 5.10 Å². The molecule has 5 heteroatoms. The molecule has 1 saturated carbocycles. The van der Waals surface area contributed by atoms with Crippen LogP contribution in [0.5, 0.6) is 0 Å². The molecule has 1 aliphatic rings. The lowest BCUT2D eigenvalue weighted by molar-refractivity contribution is 0.362. The molecule has 0 aliphatic heterocycles.